The topological polar surface area (TPSA) is 82.8 Å². The van der Waals surface area contributed by atoms with Gasteiger partial charge in [0.25, 0.3) is 0 Å². The predicted molar refractivity (Wildman–Crippen MR) is 80.2 cm³/mol. The van der Waals surface area contributed by atoms with Gasteiger partial charge in [-0.15, -0.1) is 11.8 Å². The Hall–Kier alpha value is -1.63. The second-order valence-electron chi connectivity index (χ2n) is 5.08. The zero-order valence-corrected chi connectivity index (χ0v) is 13.1. The third kappa shape index (κ3) is 3.34. The minimum atomic E-state index is -0.963. The summed E-state index contributed by atoms with van der Waals surface area (Å²) < 4.78 is 5.48. The van der Waals surface area contributed by atoms with Crippen LogP contribution in [0.2, 0.25) is 0 Å². The van der Waals surface area contributed by atoms with Gasteiger partial charge in [-0.2, -0.15) is 0 Å². The molecule has 3 unspecified atom stereocenters. The molecule has 2 heterocycles. The third-order valence-electron chi connectivity index (χ3n) is 3.49. The van der Waals surface area contributed by atoms with Gasteiger partial charge >= 0.3 is 12.0 Å². The molecule has 1 aliphatic rings. The molecule has 2 amide bonds. The molecule has 0 radical (unpaired) electrons. The molecule has 6 nitrogen and oxygen atoms in total. The average molecular weight is 312 g/mol. The van der Waals surface area contributed by atoms with Gasteiger partial charge in [0.2, 0.25) is 0 Å². The highest BCUT2D eigenvalue weighted by Gasteiger charge is 2.41. The largest absolute Gasteiger partial charge is 0.480 e. The number of aliphatic carboxylic acids is 1. The van der Waals surface area contributed by atoms with Crippen molar-refractivity contribution >= 4 is 23.8 Å². The first-order valence-electron chi connectivity index (χ1n) is 6.93. The van der Waals surface area contributed by atoms with Gasteiger partial charge in [0.1, 0.15) is 17.6 Å². The molecule has 2 N–H and O–H groups in total. The van der Waals surface area contributed by atoms with Gasteiger partial charge in [0, 0.05) is 5.75 Å². The van der Waals surface area contributed by atoms with Crippen molar-refractivity contribution in [2.75, 3.05) is 5.75 Å². The molecule has 0 saturated carbocycles. The van der Waals surface area contributed by atoms with Crippen molar-refractivity contribution in [1.82, 2.24) is 10.2 Å². The average Bonchev–Trinajstić information content (AvgIpc) is 3.03. The summed E-state index contributed by atoms with van der Waals surface area (Å²) in [6.07, 6.45) is 0.718. The lowest BCUT2D eigenvalue weighted by Gasteiger charge is -2.28. The number of rotatable bonds is 4. The summed E-state index contributed by atoms with van der Waals surface area (Å²) in [6.45, 7) is 5.60. The molecule has 0 aromatic carbocycles. The molecule has 1 aliphatic heterocycles. The van der Waals surface area contributed by atoms with Gasteiger partial charge in [0.15, 0.2) is 0 Å². The standard InChI is InChI=1S/C14H20N2O4S/c1-4-12-16(10(7-21-12)13(17)18)14(19)15-9(3)11-6-5-8(2)20-11/h5-6,9-10,12H,4,7H2,1-3H3,(H,15,19)(H,17,18). The van der Waals surface area contributed by atoms with E-state index in [2.05, 4.69) is 5.32 Å². The van der Waals surface area contributed by atoms with E-state index in [0.29, 0.717) is 11.5 Å². The summed E-state index contributed by atoms with van der Waals surface area (Å²) in [6, 6.07) is 2.21. The zero-order chi connectivity index (χ0) is 15.6. The molecule has 1 aromatic rings. The van der Waals surface area contributed by atoms with Crippen LogP contribution >= 0.6 is 11.8 Å². The Kier molecular flexibility index (Phi) is 4.82. The molecule has 21 heavy (non-hydrogen) atoms. The predicted octanol–water partition coefficient (Wildman–Crippen LogP) is 2.60. The van der Waals surface area contributed by atoms with Crippen LogP contribution in [0.1, 0.15) is 37.8 Å². The number of amides is 2. The van der Waals surface area contributed by atoms with Crippen molar-refractivity contribution in [3.05, 3.63) is 23.7 Å². The summed E-state index contributed by atoms with van der Waals surface area (Å²) >= 11 is 1.50. The monoisotopic (exact) mass is 312 g/mol. The molecular formula is C14H20N2O4S. The minimum Gasteiger partial charge on any atom is -0.480 e. The highest BCUT2D eigenvalue weighted by molar-refractivity contribution is 8.00. The number of furan rings is 1. The molecule has 0 bridgehead atoms. The molecule has 0 aliphatic carbocycles. The highest BCUT2D eigenvalue weighted by Crippen LogP contribution is 2.31. The second kappa shape index (κ2) is 6.43. The SMILES string of the molecule is CCC1SCC(C(=O)O)N1C(=O)NC(C)c1ccc(C)o1. The van der Waals surface area contributed by atoms with Crippen LogP contribution < -0.4 is 5.32 Å². The molecule has 1 aromatic heterocycles. The Morgan fingerprint density at radius 3 is 2.81 bits per heavy atom. The Labute approximate surface area is 127 Å². The highest BCUT2D eigenvalue weighted by atomic mass is 32.2. The number of hydrogen-bond acceptors (Lipinski definition) is 4. The summed E-state index contributed by atoms with van der Waals surface area (Å²) in [5, 5.41) is 12.0. The van der Waals surface area contributed by atoms with Gasteiger partial charge in [-0.1, -0.05) is 6.92 Å². The van der Waals surface area contributed by atoms with Crippen LogP contribution in [-0.4, -0.2) is 39.2 Å². The number of thioether (sulfide) groups is 1. The maximum Gasteiger partial charge on any atom is 0.327 e. The van der Waals surface area contributed by atoms with E-state index in [1.165, 1.54) is 16.7 Å². The zero-order valence-electron chi connectivity index (χ0n) is 12.3. The molecule has 7 heteroatoms. The summed E-state index contributed by atoms with van der Waals surface area (Å²) in [5.41, 5.74) is 0. The molecule has 3 atom stereocenters. The number of carboxylic acids is 1. The van der Waals surface area contributed by atoms with Gasteiger partial charge in [-0.25, -0.2) is 9.59 Å². The maximum absolute atomic E-state index is 12.4. The van der Waals surface area contributed by atoms with E-state index in [0.717, 1.165) is 12.2 Å². The Bertz CT molecular complexity index is 531. The Morgan fingerprint density at radius 1 is 1.57 bits per heavy atom. The fourth-order valence-electron chi connectivity index (χ4n) is 2.36. The van der Waals surface area contributed by atoms with Crippen LogP contribution in [0.15, 0.2) is 16.5 Å². The van der Waals surface area contributed by atoms with Crippen LogP contribution in [0, 0.1) is 6.92 Å². The lowest BCUT2D eigenvalue weighted by Crippen LogP contribution is -2.50. The fraction of sp³-hybridized carbons (Fsp3) is 0.571. The molecule has 1 fully saturated rings. The summed E-state index contributed by atoms with van der Waals surface area (Å²) in [7, 11) is 0. The van der Waals surface area contributed by atoms with Crippen molar-refractivity contribution in [1.29, 1.82) is 0 Å². The van der Waals surface area contributed by atoms with E-state index in [1.54, 1.807) is 0 Å². The Balaban J connectivity index is 2.08. The number of carbonyl (C=O) groups excluding carboxylic acids is 1. The molecule has 1 saturated heterocycles. The summed E-state index contributed by atoms with van der Waals surface area (Å²) in [4.78, 5) is 25.1. The van der Waals surface area contributed by atoms with Crippen LogP contribution in [0.4, 0.5) is 4.79 Å². The second-order valence-corrected chi connectivity index (χ2v) is 6.29. The molecule has 0 spiro atoms. The van der Waals surface area contributed by atoms with E-state index < -0.39 is 12.0 Å². The van der Waals surface area contributed by atoms with Crippen LogP contribution in [0.5, 0.6) is 0 Å². The van der Waals surface area contributed by atoms with Gasteiger partial charge < -0.3 is 14.8 Å². The first-order valence-corrected chi connectivity index (χ1v) is 7.98. The van der Waals surface area contributed by atoms with Gasteiger partial charge in [0.05, 0.1) is 11.4 Å². The number of nitrogens with zero attached hydrogens (tertiary/aromatic N) is 1. The van der Waals surface area contributed by atoms with Gasteiger partial charge in [-0.3, -0.25) is 4.90 Å². The maximum atomic E-state index is 12.4. The third-order valence-corrected chi connectivity index (χ3v) is 4.94. The van der Waals surface area contributed by atoms with Crippen molar-refractivity contribution in [2.24, 2.45) is 0 Å². The normalized spacial score (nSPS) is 23.1. The first kappa shape index (κ1) is 15.8. The molecule has 116 valence electrons. The van der Waals surface area contributed by atoms with Gasteiger partial charge in [-0.05, 0) is 32.4 Å². The molecule has 2 rings (SSSR count). The lowest BCUT2D eigenvalue weighted by molar-refractivity contribution is -0.141. The van der Waals surface area contributed by atoms with E-state index in [4.69, 9.17) is 4.42 Å². The van der Waals surface area contributed by atoms with Crippen molar-refractivity contribution in [3.63, 3.8) is 0 Å². The van der Waals surface area contributed by atoms with E-state index in [-0.39, 0.29) is 17.4 Å². The minimum absolute atomic E-state index is 0.100. The lowest BCUT2D eigenvalue weighted by atomic mass is 10.2. The quantitative estimate of drug-likeness (QED) is 0.893. The number of carboxylic acid groups (broad SMARTS) is 1. The smallest absolute Gasteiger partial charge is 0.327 e. The first-order chi connectivity index (χ1) is 9.93. The Morgan fingerprint density at radius 2 is 2.29 bits per heavy atom. The molecular weight excluding hydrogens is 292 g/mol. The van der Waals surface area contributed by atoms with E-state index in [9.17, 15) is 14.7 Å². The fourth-order valence-corrected chi connectivity index (χ4v) is 3.70. The number of nitrogens with one attached hydrogen (secondary N) is 1. The summed E-state index contributed by atoms with van der Waals surface area (Å²) in [5.74, 6) is 0.899. The number of hydrogen-bond donors (Lipinski definition) is 2. The van der Waals surface area contributed by atoms with E-state index >= 15 is 0 Å². The van der Waals surface area contributed by atoms with Crippen LogP contribution in [0.25, 0.3) is 0 Å². The van der Waals surface area contributed by atoms with Crippen molar-refractivity contribution in [3.8, 4) is 0 Å². The van der Waals surface area contributed by atoms with Crippen LogP contribution in [-0.2, 0) is 4.79 Å². The van der Waals surface area contributed by atoms with Crippen molar-refractivity contribution in [2.45, 2.75) is 44.6 Å². The number of urea groups is 1. The number of carbonyl (C=O) groups is 2. The van der Waals surface area contributed by atoms with Crippen LogP contribution in [0.3, 0.4) is 0 Å². The van der Waals surface area contributed by atoms with E-state index in [1.807, 2.05) is 32.9 Å². The van der Waals surface area contributed by atoms with Crippen molar-refractivity contribution < 1.29 is 19.1 Å². The number of aryl methyl sites for hydroxylation is 1.